The zero-order valence-corrected chi connectivity index (χ0v) is 14.4. The highest BCUT2D eigenvalue weighted by atomic mass is 16.6. The van der Waals surface area contributed by atoms with Gasteiger partial charge in [-0.3, -0.25) is 0 Å². The summed E-state index contributed by atoms with van der Waals surface area (Å²) >= 11 is 0. The number of pyridine rings is 1. The standard InChI is InChI=1S/C16H21N3O6/c1-16(2,3)25-15(24)19-8-6-18(7-9-19)11-5-4-10(13(20)21)12(17-11)14(22)23/h4-5H,6-9H2,1-3H3,(H,20,21)(H,22,23). The van der Waals surface area contributed by atoms with Crippen LogP contribution in [0.1, 0.15) is 41.6 Å². The van der Waals surface area contributed by atoms with Crippen LogP contribution in [0.4, 0.5) is 10.6 Å². The highest BCUT2D eigenvalue weighted by Crippen LogP contribution is 2.19. The molecule has 0 radical (unpaired) electrons. The summed E-state index contributed by atoms with van der Waals surface area (Å²) in [5.41, 5.74) is -1.43. The highest BCUT2D eigenvalue weighted by Gasteiger charge is 2.27. The van der Waals surface area contributed by atoms with E-state index < -0.39 is 29.3 Å². The number of amides is 1. The SMILES string of the molecule is CC(C)(C)OC(=O)N1CCN(c2ccc(C(=O)O)c(C(=O)O)n2)CC1. The summed E-state index contributed by atoms with van der Waals surface area (Å²) in [6.45, 7) is 7.07. The Morgan fingerprint density at radius 1 is 1.04 bits per heavy atom. The van der Waals surface area contributed by atoms with Crippen molar-refractivity contribution in [1.29, 1.82) is 0 Å². The number of anilines is 1. The zero-order chi connectivity index (χ0) is 18.8. The topological polar surface area (TPSA) is 120 Å². The molecular weight excluding hydrogens is 330 g/mol. The first-order valence-electron chi connectivity index (χ1n) is 7.79. The van der Waals surface area contributed by atoms with Crippen LogP contribution in [0.3, 0.4) is 0 Å². The summed E-state index contributed by atoms with van der Waals surface area (Å²) in [4.78, 5) is 41.7. The number of carbonyl (C=O) groups excluding carboxylic acids is 1. The molecule has 1 saturated heterocycles. The number of rotatable bonds is 3. The molecule has 0 saturated carbocycles. The number of aromatic carboxylic acids is 2. The number of piperazine rings is 1. The first-order valence-corrected chi connectivity index (χ1v) is 7.79. The van der Waals surface area contributed by atoms with E-state index in [2.05, 4.69) is 4.98 Å². The van der Waals surface area contributed by atoms with E-state index in [0.29, 0.717) is 32.0 Å². The van der Waals surface area contributed by atoms with Crippen molar-refractivity contribution in [3.63, 3.8) is 0 Å². The van der Waals surface area contributed by atoms with Gasteiger partial charge in [0.1, 0.15) is 11.4 Å². The van der Waals surface area contributed by atoms with E-state index in [1.807, 2.05) is 0 Å². The number of carboxylic acids is 2. The molecule has 0 bridgehead atoms. The molecule has 0 spiro atoms. The molecule has 1 aromatic heterocycles. The summed E-state index contributed by atoms with van der Waals surface area (Å²) in [7, 11) is 0. The molecule has 0 unspecified atom stereocenters. The van der Waals surface area contributed by atoms with Gasteiger partial charge in [-0.15, -0.1) is 0 Å². The van der Waals surface area contributed by atoms with Gasteiger partial charge in [-0.05, 0) is 32.9 Å². The van der Waals surface area contributed by atoms with Gasteiger partial charge in [-0.1, -0.05) is 0 Å². The predicted octanol–water partition coefficient (Wildman–Crippen LogP) is 1.54. The Balaban J connectivity index is 2.08. The van der Waals surface area contributed by atoms with Crippen LogP contribution in [0.5, 0.6) is 0 Å². The van der Waals surface area contributed by atoms with Gasteiger partial charge in [0.2, 0.25) is 0 Å². The third kappa shape index (κ3) is 4.59. The lowest BCUT2D eigenvalue weighted by molar-refractivity contribution is 0.0240. The quantitative estimate of drug-likeness (QED) is 0.841. The summed E-state index contributed by atoms with van der Waals surface area (Å²) in [5.74, 6) is -2.37. The average Bonchev–Trinajstić information content (AvgIpc) is 2.52. The maximum atomic E-state index is 12.0. The fraction of sp³-hybridized carbons (Fsp3) is 0.500. The Hall–Kier alpha value is -2.84. The Morgan fingerprint density at radius 3 is 2.12 bits per heavy atom. The van der Waals surface area contributed by atoms with Gasteiger partial charge in [-0.25, -0.2) is 19.4 Å². The molecule has 9 nitrogen and oxygen atoms in total. The van der Waals surface area contributed by atoms with Crippen molar-refractivity contribution in [1.82, 2.24) is 9.88 Å². The van der Waals surface area contributed by atoms with Gasteiger partial charge >= 0.3 is 18.0 Å². The number of carbonyl (C=O) groups is 3. The molecule has 0 aliphatic carbocycles. The van der Waals surface area contributed by atoms with Crippen LogP contribution in [-0.2, 0) is 4.74 Å². The van der Waals surface area contributed by atoms with Crippen LogP contribution in [0.2, 0.25) is 0 Å². The molecule has 2 N–H and O–H groups in total. The molecular formula is C16H21N3O6. The molecule has 1 amide bonds. The molecule has 1 aliphatic rings. The summed E-state index contributed by atoms with van der Waals surface area (Å²) in [6.07, 6.45) is -0.396. The van der Waals surface area contributed by atoms with Gasteiger partial charge in [0.05, 0.1) is 5.56 Å². The minimum absolute atomic E-state index is 0.358. The molecule has 1 fully saturated rings. The molecule has 1 aliphatic heterocycles. The number of hydrogen-bond acceptors (Lipinski definition) is 6. The van der Waals surface area contributed by atoms with Crippen molar-refractivity contribution in [3.05, 3.63) is 23.4 Å². The van der Waals surface area contributed by atoms with Crippen molar-refractivity contribution in [2.45, 2.75) is 26.4 Å². The molecule has 25 heavy (non-hydrogen) atoms. The van der Waals surface area contributed by atoms with Gasteiger partial charge < -0.3 is 24.7 Å². The molecule has 1 aromatic rings. The van der Waals surface area contributed by atoms with Gasteiger partial charge in [-0.2, -0.15) is 0 Å². The van der Waals surface area contributed by atoms with Crippen LogP contribution in [0, 0.1) is 0 Å². The lowest BCUT2D eigenvalue weighted by Crippen LogP contribution is -2.50. The molecule has 9 heteroatoms. The maximum absolute atomic E-state index is 12.0. The second-order valence-electron chi connectivity index (χ2n) is 6.63. The van der Waals surface area contributed by atoms with Crippen LogP contribution in [-0.4, -0.2) is 69.9 Å². The smallest absolute Gasteiger partial charge is 0.410 e. The van der Waals surface area contributed by atoms with E-state index in [1.54, 1.807) is 30.6 Å². The van der Waals surface area contributed by atoms with E-state index in [-0.39, 0.29) is 5.56 Å². The molecule has 0 aromatic carbocycles. The van der Waals surface area contributed by atoms with Gasteiger partial charge in [0.25, 0.3) is 0 Å². The van der Waals surface area contributed by atoms with Gasteiger partial charge in [0, 0.05) is 26.2 Å². The number of ether oxygens (including phenoxy) is 1. The van der Waals surface area contributed by atoms with Gasteiger partial charge in [0.15, 0.2) is 5.69 Å². The summed E-state index contributed by atoms with van der Waals surface area (Å²) in [6, 6.07) is 2.70. The number of carboxylic acid groups (broad SMARTS) is 2. The van der Waals surface area contributed by atoms with E-state index in [4.69, 9.17) is 14.9 Å². The Bertz CT molecular complexity index is 690. The maximum Gasteiger partial charge on any atom is 0.410 e. The predicted molar refractivity (Wildman–Crippen MR) is 88.2 cm³/mol. The monoisotopic (exact) mass is 351 g/mol. The van der Waals surface area contributed by atoms with Crippen LogP contribution < -0.4 is 4.90 Å². The average molecular weight is 351 g/mol. The van der Waals surface area contributed by atoms with Crippen molar-refractivity contribution in [3.8, 4) is 0 Å². The van der Waals surface area contributed by atoms with Crippen molar-refractivity contribution < 1.29 is 29.3 Å². The van der Waals surface area contributed by atoms with Crippen molar-refractivity contribution in [2.24, 2.45) is 0 Å². The van der Waals surface area contributed by atoms with E-state index in [0.717, 1.165) is 0 Å². The first-order chi connectivity index (χ1) is 11.6. The second kappa shape index (κ2) is 6.96. The lowest BCUT2D eigenvalue weighted by Gasteiger charge is -2.36. The largest absolute Gasteiger partial charge is 0.478 e. The lowest BCUT2D eigenvalue weighted by atomic mass is 10.2. The van der Waals surface area contributed by atoms with Crippen LogP contribution in [0.25, 0.3) is 0 Å². The number of aromatic nitrogens is 1. The fourth-order valence-electron chi connectivity index (χ4n) is 2.41. The van der Waals surface area contributed by atoms with Crippen molar-refractivity contribution >= 4 is 23.8 Å². The fourth-order valence-corrected chi connectivity index (χ4v) is 2.41. The number of hydrogen-bond donors (Lipinski definition) is 2. The second-order valence-corrected chi connectivity index (χ2v) is 6.63. The summed E-state index contributed by atoms with van der Waals surface area (Å²) < 4.78 is 5.32. The molecule has 0 atom stereocenters. The van der Waals surface area contributed by atoms with Crippen LogP contribution in [0.15, 0.2) is 12.1 Å². The van der Waals surface area contributed by atoms with E-state index in [9.17, 15) is 14.4 Å². The normalized spacial score (nSPS) is 15.0. The molecule has 2 heterocycles. The van der Waals surface area contributed by atoms with Crippen molar-refractivity contribution in [2.75, 3.05) is 31.1 Å². The minimum Gasteiger partial charge on any atom is -0.478 e. The molecule has 2 rings (SSSR count). The van der Waals surface area contributed by atoms with Crippen LogP contribution >= 0.6 is 0 Å². The Kier molecular flexibility index (Phi) is 5.15. The zero-order valence-electron chi connectivity index (χ0n) is 14.4. The number of nitrogens with zero attached hydrogens (tertiary/aromatic N) is 3. The first kappa shape index (κ1) is 18.5. The van der Waals surface area contributed by atoms with E-state index in [1.165, 1.54) is 12.1 Å². The highest BCUT2D eigenvalue weighted by molar-refractivity contribution is 6.00. The minimum atomic E-state index is -1.40. The third-order valence-electron chi connectivity index (χ3n) is 3.57. The van der Waals surface area contributed by atoms with E-state index >= 15 is 0 Å². The Morgan fingerprint density at radius 2 is 1.64 bits per heavy atom. The Labute approximate surface area is 144 Å². The molecule has 136 valence electrons. The summed E-state index contributed by atoms with van der Waals surface area (Å²) in [5, 5.41) is 18.2. The third-order valence-corrected chi connectivity index (χ3v) is 3.57.